The zero-order chi connectivity index (χ0) is 42.8. The summed E-state index contributed by atoms with van der Waals surface area (Å²) in [5, 5.41) is 9.21. The molecule has 0 fully saturated rings. The number of para-hydroxylation sites is 2. The Hall–Kier alpha value is -7.32. The van der Waals surface area contributed by atoms with Gasteiger partial charge in [0.1, 0.15) is 24.2 Å². The molecule has 1 aliphatic rings. The van der Waals surface area contributed by atoms with Crippen molar-refractivity contribution in [3.63, 3.8) is 0 Å². The molecule has 0 bridgehead atoms. The van der Waals surface area contributed by atoms with E-state index in [1.165, 1.54) is 12.7 Å². The first kappa shape index (κ1) is 40.5. The molecular weight excluding hydrogens is 830 g/mol. The van der Waals surface area contributed by atoms with Gasteiger partial charge in [0.2, 0.25) is 0 Å². The first-order chi connectivity index (χ1) is 29.5. The Morgan fingerprint density at radius 2 is 1.18 bits per heavy atom. The molecule has 6 heterocycles. The first-order valence-corrected chi connectivity index (χ1v) is 20.7. The number of aryl methyl sites for hydroxylation is 4. The van der Waals surface area contributed by atoms with Gasteiger partial charge in [0.15, 0.2) is 11.5 Å². The number of nitrogens with zero attached hydrogens (tertiary/aromatic N) is 9. The van der Waals surface area contributed by atoms with E-state index in [1.54, 1.807) is 21.7 Å². The zero-order valence-electron chi connectivity index (χ0n) is 34.0. The summed E-state index contributed by atoms with van der Waals surface area (Å²) in [6.07, 6.45) is 7.11. The quantitative estimate of drug-likeness (QED) is 0.161. The Kier molecular flexibility index (Phi) is 11.3. The van der Waals surface area contributed by atoms with Gasteiger partial charge in [-0.25, -0.2) is 24.6 Å². The topological polar surface area (TPSA) is 178 Å². The lowest BCUT2D eigenvalue weighted by molar-refractivity contribution is 0.669. The van der Waals surface area contributed by atoms with E-state index in [0.717, 1.165) is 84.4 Å². The molecule has 0 spiro atoms. The highest BCUT2D eigenvalue weighted by atomic mass is 79.9. The van der Waals surface area contributed by atoms with Crippen molar-refractivity contribution in [2.45, 2.75) is 46.0 Å². The predicted octanol–water partition coefficient (Wildman–Crippen LogP) is 8.20. The summed E-state index contributed by atoms with van der Waals surface area (Å²) in [6, 6.07) is 31.9. The molecule has 0 amide bonds. The van der Waals surface area contributed by atoms with Crippen molar-refractivity contribution in [2.75, 3.05) is 11.5 Å². The van der Waals surface area contributed by atoms with Gasteiger partial charge < -0.3 is 11.5 Å². The molecule has 304 valence electrons. The standard InChI is InChI=1S/C23H20N6O.C18H16BrNO.C6H6N4/c1-14-6-3-4-9-19(14)29-17(10-16-8-5-7-15(2)20(16)23(29)30)12-28-22-18(11-27-28)21(24)25-13-26-22;1-12-6-3-4-9-16(12)20-15(11-19)10-14-8-5-7-13(2)17(14)18(20)21;7-6-5-4(1-2-8-5)9-3-10-6/h3-11,13H,12H2,1-2H3,(H2,24,25,26);3-10H,11H2,1-2H3;2-3H,1H2,(H2,7,9,10). The lowest BCUT2D eigenvalue weighted by Crippen LogP contribution is -2.25. The van der Waals surface area contributed by atoms with Crippen molar-refractivity contribution >= 4 is 72.0 Å². The second kappa shape index (κ2) is 17.1. The summed E-state index contributed by atoms with van der Waals surface area (Å²) >= 11 is 3.51. The maximum Gasteiger partial charge on any atom is 0.263 e. The number of aliphatic imine (C=N–C) groups is 1. The van der Waals surface area contributed by atoms with Gasteiger partial charge in [-0.2, -0.15) is 5.10 Å². The van der Waals surface area contributed by atoms with Crippen LogP contribution in [0.15, 0.2) is 130 Å². The highest BCUT2D eigenvalue weighted by Crippen LogP contribution is 2.27. The number of hydrogen-bond donors (Lipinski definition) is 2. The summed E-state index contributed by atoms with van der Waals surface area (Å²) in [5.74, 6) is 0.857. The number of anilines is 2. The SMILES string of the molecule is Cc1ccccc1-n1c(CBr)cc2cccc(C)c2c1=O.Cc1ccccc1-n1c(Cn2ncc3c(N)ncnc32)cc2cccc(C)c2c1=O.Nc1ncnc2c1N=CC2. The Balaban J connectivity index is 0.000000143. The van der Waals surface area contributed by atoms with Crippen LogP contribution in [0.2, 0.25) is 0 Å². The smallest absolute Gasteiger partial charge is 0.263 e. The normalized spacial score (nSPS) is 11.6. The Bertz CT molecular complexity index is 3280. The number of fused-ring (bicyclic) bond motifs is 4. The van der Waals surface area contributed by atoms with E-state index in [-0.39, 0.29) is 11.1 Å². The van der Waals surface area contributed by atoms with Crippen molar-refractivity contribution < 1.29 is 0 Å². The van der Waals surface area contributed by atoms with E-state index in [0.29, 0.717) is 34.5 Å². The minimum absolute atomic E-state index is 0.0412. The number of benzene rings is 4. The fraction of sp³-hybridized carbons (Fsp3) is 0.149. The fourth-order valence-electron chi connectivity index (χ4n) is 7.67. The van der Waals surface area contributed by atoms with Crippen LogP contribution in [0.1, 0.15) is 39.3 Å². The Morgan fingerprint density at radius 1 is 0.639 bits per heavy atom. The lowest BCUT2D eigenvalue weighted by Gasteiger charge is -2.17. The maximum absolute atomic E-state index is 13.7. The summed E-state index contributed by atoms with van der Waals surface area (Å²) in [4.78, 5) is 46.9. The molecule has 5 aromatic heterocycles. The molecule has 61 heavy (non-hydrogen) atoms. The minimum atomic E-state index is -0.0412. The van der Waals surface area contributed by atoms with Crippen LogP contribution >= 0.6 is 15.9 Å². The minimum Gasteiger partial charge on any atom is -0.383 e. The van der Waals surface area contributed by atoms with Crippen LogP contribution in [0.5, 0.6) is 0 Å². The average Bonchev–Trinajstić information content (AvgIpc) is 3.91. The van der Waals surface area contributed by atoms with Gasteiger partial charge in [0.25, 0.3) is 11.1 Å². The molecule has 0 saturated heterocycles. The summed E-state index contributed by atoms with van der Waals surface area (Å²) in [6.45, 7) is 8.35. The van der Waals surface area contributed by atoms with Crippen LogP contribution in [0, 0.1) is 27.7 Å². The summed E-state index contributed by atoms with van der Waals surface area (Å²) < 4.78 is 5.35. The number of pyridine rings is 2. The van der Waals surface area contributed by atoms with Gasteiger partial charge in [-0.3, -0.25) is 23.7 Å². The molecule has 4 N–H and O–H groups in total. The molecule has 0 radical (unpaired) electrons. The number of rotatable bonds is 5. The zero-order valence-corrected chi connectivity index (χ0v) is 35.6. The second-order valence-electron chi connectivity index (χ2n) is 14.7. The van der Waals surface area contributed by atoms with E-state index in [4.69, 9.17) is 11.5 Å². The van der Waals surface area contributed by atoms with Crippen LogP contribution in [0.25, 0.3) is 44.0 Å². The number of alkyl halides is 1. The van der Waals surface area contributed by atoms with Crippen LogP contribution in [-0.2, 0) is 18.3 Å². The highest BCUT2D eigenvalue weighted by Gasteiger charge is 2.17. The van der Waals surface area contributed by atoms with Crippen LogP contribution < -0.4 is 22.6 Å². The van der Waals surface area contributed by atoms with Gasteiger partial charge in [-0.05, 0) is 85.0 Å². The lowest BCUT2D eigenvalue weighted by atomic mass is 10.1. The molecule has 10 rings (SSSR count). The molecule has 13 nitrogen and oxygen atoms in total. The van der Waals surface area contributed by atoms with Gasteiger partial charge in [0, 0.05) is 29.4 Å². The van der Waals surface area contributed by atoms with Crippen LogP contribution in [0.3, 0.4) is 0 Å². The van der Waals surface area contributed by atoms with Gasteiger partial charge in [-0.15, -0.1) is 0 Å². The maximum atomic E-state index is 13.7. The van der Waals surface area contributed by atoms with Crippen LogP contribution in [-0.4, -0.2) is 45.1 Å². The van der Waals surface area contributed by atoms with E-state index in [1.807, 2.05) is 123 Å². The van der Waals surface area contributed by atoms with E-state index < -0.39 is 0 Å². The predicted molar refractivity (Wildman–Crippen MR) is 248 cm³/mol. The molecule has 0 aliphatic carbocycles. The van der Waals surface area contributed by atoms with E-state index in [2.05, 4.69) is 52.0 Å². The largest absolute Gasteiger partial charge is 0.383 e. The average molecular weight is 873 g/mol. The number of hydrogen-bond acceptors (Lipinski definition) is 10. The van der Waals surface area contributed by atoms with Gasteiger partial charge >= 0.3 is 0 Å². The van der Waals surface area contributed by atoms with Gasteiger partial charge in [0.05, 0.1) is 46.0 Å². The van der Waals surface area contributed by atoms with Gasteiger partial charge in [-0.1, -0.05) is 88.7 Å². The molecule has 4 aromatic carbocycles. The molecule has 14 heteroatoms. The molecule has 0 atom stereocenters. The highest BCUT2D eigenvalue weighted by molar-refractivity contribution is 9.08. The van der Waals surface area contributed by atoms with Crippen molar-refractivity contribution in [2.24, 2.45) is 4.99 Å². The third-order valence-electron chi connectivity index (χ3n) is 10.7. The molecule has 9 aromatic rings. The molecule has 1 aliphatic heterocycles. The number of nitrogen functional groups attached to an aromatic ring is 2. The summed E-state index contributed by atoms with van der Waals surface area (Å²) in [7, 11) is 0. The molecule has 0 saturated carbocycles. The number of aromatic nitrogens is 8. The third-order valence-corrected chi connectivity index (χ3v) is 11.3. The molecular formula is C47H42BrN11O2. The Labute approximate surface area is 359 Å². The third kappa shape index (κ3) is 7.80. The van der Waals surface area contributed by atoms with Crippen molar-refractivity contribution in [3.05, 3.63) is 176 Å². The first-order valence-electron chi connectivity index (χ1n) is 19.6. The van der Waals surface area contributed by atoms with Crippen molar-refractivity contribution in [1.29, 1.82) is 0 Å². The van der Waals surface area contributed by atoms with E-state index in [9.17, 15) is 9.59 Å². The monoisotopic (exact) mass is 871 g/mol. The second-order valence-corrected chi connectivity index (χ2v) is 15.3. The van der Waals surface area contributed by atoms with Crippen molar-refractivity contribution in [1.82, 2.24) is 38.9 Å². The van der Waals surface area contributed by atoms with Crippen LogP contribution in [0.4, 0.5) is 17.3 Å². The Morgan fingerprint density at radius 3 is 1.77 bits per heavy atom. The van der Waals surface area contributed by atoms with Crippen molar-refractivity contribution in [3.8, 4) is 11.4 Å². The fourth-order valence-corrected chi connectivity index (χ4v) is 8.09. The molecule has 0 unspecified atom stereocenters. The number of halogens is 1. The number of nitrogens with two attached hydrogens (primary N) is 2. The summed E-state index contributed by atoms with van der Waals surface area (Å²) in [5.41, 5.74) is 21.4. The van der Waals surface area contributed by atoms with E-state index >= 15 is 0 Å².